The van der Waals surface area contributed by atoms with Gasteiger partial charge in [-0.25, -0.2) is 4.98 Å². The molecule has 1 fully saturated rings. The number of pyridine rings is 1. The Bertz CT molecular complexity index is 453. The molecule has 0 aliphatic carbocycles. The van der Waals surface area contributed by atoms with Crippen molar-refractivity contribution in [2.45, 2.75) is 26.3 Å². The van der Waals surface area contributed by atoms with Crippen molar-refractivity contribution in [2.75, 3.05) is 27.2 Å². The van der Waals surface area contributed by atoms with E-state index in [-0.39, 0.29) is 0 Å². The smallest absolute Gasteiger partial charge is 0.218 e. The van der Waals surface area contributed by atoms with Crippen LogP contribution in [-0.4, -0.2) is 43.1 Å². The third kappa shape index (κ3) is 3.62. The lowest BCUT2D eigenvalue weighted by Crippen LogP contribution is -2.45. The number of nitrogens with one attached hydrogen (secondary N) is 1. The van der Waals surface area contributed by atoms with Gasteiger partial charge >= 0.3 is 0 Å². The summed E-state index contributed by atoms with van der Waals surface area (Å²) in [5.41, 5.74) is 1.04. The maximum Gasteiger partial charge on any atom is 0.218 e. The molecule has 2 rings (SSSR count). The molecule has 0 aromatic carbocycles. The fourth-order valence-electron chi connectivity index (χ4n) is 2.47. The SMILES string of the molecule is CN=C(NCc1cccnc1OC)N1CCC(C)CC1. The van der Waals surface area contributed by atoms with E-state index in [1.165, 1.54) is 12.8 Å². The molecule has 5 heteroatoms. The summed E-state index contributed by atoms with van der Waals surface area (Å²) < 4.78 is 5.27. The monoisotopic (exact) mass is 276 g/mol. The number of piperidine rings is 1. The van der Waals surface area contributed by atoms with Crippen LogP contribution in [0.5, 0.6) is 5.88 Å². The minimum absolute atomic E-state index is 0.669. The minimum Gasteiger partial charge on any atom is -0.481 e. The zero-order valence-corrected chi connectivity index (χ0v) is 12.6. The van der Waals surface area contributed by atoms with Gasteiger partial charge in [-0.2, -0.15) is 0 Å². The van der Waals surface area contributed by atoms with Gasteiger partial charge in [-0.15, -0.1) is 0 Å². The van der Waals surface area contributed by atoms with Crippen LogP contribution in [0.2, 0.25) is 0 Å². The average Bonchev–Trinajstić information content (AvgIpc) is 2.50. The first kappa shape index (κ1) is 14.6. The molecule has 20 heavy (non-hydrogen) atoms. The lowest BCUT2D eigenvalue weighted by Gasteiger charge is -2.33. The van der Waals surface area contributed by atoms with Crippen LogP contribution in [-0.2, 0) is 6.54 Å². The molecule has 0 atom stereocenters. The third-order valence-electron chi connectivity index (χ3n) is 3.78. The summed E-state index contributed by atoms with van der Waals surface area (Å²) in [7, 11) is 3.48. The van der Waals surface area contributed by atoms with Crippen LogP contribution in [0.25, 0.3) is 0 Å². The molecule has 0 amide bonds. The van der Waals surface area contributed by atoms with E-state index in [9.17, 15) is 0 Å². The number of methoxy groups -OCH3 is 1. The van der Waals surface area contributed by atoms with Gasteiger partial charge in [0.25, 0.3) is 0 Å². The first-order valence-electron chi connectivity index (χ1n) is 7.18. The molecular formula is C15H24N4O. The Hall–Kier alpha value is -1.78. The predicted molar refractivity (Wildman–Crippen MR) is 81.0 cm³/mol. The molecule has 0 radical (unpaired) electrons. The highest BCUT2D eigenvalue weighted by Crippen LogP contribution is 2.17. The summed E-state index contributed by atoms with van der Waals surface area (Å²) in [6, 6.07) is 3.94. The van der Waals surface area contributed by atoms with E-state index in [0.717, 1.165) is 30.5 Å². The summed E-state index contributed by atoms with van der Waals surface area (Å²) in [5, 5.41) is 3.40. The van der Waals surface area contributed by atoms with Crippen molar-refractivity contribution in [3.63, 3.8) is 0 Å². The van der Waals surface area contributed by atoms with Crippen molar-refractivity contribution < 1.29 is 4.74 Å². The van der Waals surface area contributed by atoms with Gasteiger partial charge in [-0.3, -0.25) is 4.99 Å². The van der Waals surface area contributed by atoms with Gasteiger partial charge in [0.1, 0.15) is 0 Å². The average molecular weight is 276 g/mol. The molecule has 5 nitrogen and oxygen atoms in total. The first-order valence-corrected chi connectivity index (χ1v) is 7.18. The van der Waals surface area contributed by atoms with Gasteiger partial charge in [0, 0.05) is 38.4 Å². The highest BCUT2D eigenvalue weighted by molar-refractivity contribution is 5.80. The molecule has 0 unspecified atom stereocenters. The van der Waals surface area contributed by atoms with Crippen LogP contribution in [0, 0.1) is 5.92 Å². The number of ether oxygens (including phenoxy) is 1. The summed E-state index contributed by atoms with van der Waals surface area (Å²) in [4.78, 5) is 10.9. The van der Waals surface area contributed by atoms with Crippen LogP contribution < -0.4 is 10.1 Å². The molecule has 1 N–H and O–H groups in total. The van der Waals surface area contributed by atoms with Crippen molar-refractivity contribution in [3.05, 3.63) is 23.9 Å². The molecule has 1 aliphatic heterocycles. The van der Waals surface area contributed by atoms with Crippen molar-refractivity contribution in [3.8, 4) is 5.88 Å². The Morgan fingerprint density at radius 1 is 1.50 bits per heavy atom. The fourth-order valence-corrected chi connectivity index (χ4v) is 2.47. The zero-order valence-electron chi connectivity index (χ0n) is 12.6. The zero-order chi connectivity index (χ0) is 14.4. The number of hydrogen-bond acceptors (Lipinski definition) is 3. The van der Waals surface area contributed by atoms with Crippen molar-refractivity contribution in [1.82, 2.24) is 15.2 Å². The highest BCUT2D eigenvalue weighted by atomic mass is 16.5. The van der Waals surface area contributed by atoms with Crippen molar-refractivity contribution >= 4 is 5.96 Å². The van der Waals surface area contributed by atoms with E-state index in [4.69, 9.17) is 4.74 Å². The molecule has 2 heterocycles. The number of guanidine groups is 1. The molecule has 0 spiro atoms. The van der Waals surface area contributed by atoms with E-state index in [1.807, 2.05) is 19.2 Å². The van der Waals surface area contributed by atoms with E-state index < -0.39 is 0 Å². The molecule has 1 saturated heterocycles. The van der Waals surface area contributed by atoms with Gasteiger partial charge < -0.3 is 15.0 Å². The molecule has 0 saturated carbocycles. The molecule has 1 aromatic rings. The normalized spacial score (nSPS) is 17.1. The lowest BCUT2D eigenvalue weighted by molar-refractivity contribution is 0.273. The molecule has 0 bridgehead atoms. The molecule has 1 aliphatic rings. The Morgan fingerprint density at radius 2 is 2.25 bits per heavy atom. The molecule has 1 aromatic heterocycles. The van der Waals surface area contributed by atoms with Gasteiger partial charge in [-0.1, -0.05) is 13.0 Å². The largest absolute Gasteiger partial charge is 0.481 e. The highest BCUT2D eigenvalue weighted by Gasteiger charge is 2.18. The van der Waals surface area contributed by atoms with E-state index in [1.54, 1.807) is 13.3 Å². The standard InChI is InChI=1S/C15H24N4O/c1-12-6-9-19(10-7-12)15(16-2)18-11-13-5-4-8-17-14(13)20-3/h4-5,8,12H,6-7,9-11H2,1-3H3,(H,16,18). The van der Waals surface area contributed by atoms with Gasteiger partial charge in [0.05, 0.1) is 7.11 Å². The summed E-state index contributed by atoms with van der Waals surface area (Å²) in [6.07, 6.45) is 4.21. The van der Waals surface area contributed by atoms with Crippen LogP contribution in [0.15, 0.2) is 23.3 Å². The Morgan fingerprint density at radius 3 is 2.90 bits per heavy atom. The quantitative estimate of drug-likeness (QED) is 0.676. The van der Waals surface area contributed by atoms with Crippen LogP contribution in [0.1, 0.15) is 25.3 Å². The second-order valence-electron chi connectivity index (χ2n) is 5.24. The van der Waals surface area contributed by atoms with Crippen LogP contribution in [0.3, 0.4) is 0 Å². The third-order valence-corrected chi connectivity index (χ3v) is 3.78. The maximum absolute atomic E-state index is 5.27. The number of rotatable bonds is 3. The molecular weight excluding hydrogens is 252 g/mol. The van der Waals surface area contributed by atoms with E-state index in [0.29, 0.717) is 12.4 Å². The summed E-state index contributed by atoms with van der Waals surface area (Å²) >= 11 is 0. The van der Waals surface area contributed by atoms with Crippen LogP contribution in [0.4, 0.5) is 0 Å². The number of hydrogen-bond donors (Lipinski definition) is 1. The topological polar surface area (TPSA) is 49.8 Å². The fraction of sp³-hybridized carbons (Fsp3) is 0.600. The van der Waals surface area contributed by atoms with Crippen molar-refractivity contribution in [2.24, 2.45) is 10.9 Å². The second kappa shape index (κ2) is 7.12. The molecule has 110 valence electrons. The van der Waals surface area contributed by atoms with E-state index in [2.05, 4.69) is 27.1 Å². The Labute approximate surface area is 121 Å². The van der Waals surface area contributed by atoms with Gasteiger partial charge in [0.15, 0.2) is 5.96 Å². The number of aromatic nitrogens is 1. The van der Waals surface area contributed by atoms with Crippen molar-refractivity contribution in [1.29, 1.82) is 0 Å². The maximum atomic E-state index is 5.27. The number of aliphatic imine (C=N–C) groups is 1. The van der Waals surface area contributed by atoms with Gasteiger partial charge in [-0.05, 0) is 24.8 Å². The summed E-state index contributed by atoms with van der Waals surface area (Å²) in [6.45, 7) is 5.14. The summed E-state index contributed by atoms with van der Waals surface area (Å²) in [5.74, 6) is 2.45. The number of nitrogens with zero attached hydrogens (tertiary/aromatic N) is 3. The second-order valence-corrected chi connectivity index (χ2v) is 5.24. The predicted octanol–water partition coefficient (Wildman–Crippen LogP) is 1.90. The number of likely N-dealkylation sites (tertiary alicyclic amines) is 1. The van der Waals surface area contributed by atoms with E-state index >= 15 is 0 Å². The Kier molecular flexibility index (Phi) is 5.21. The lowest BCUT2D eigenvalue weighted by atomic mass is 10.00. The van der Waals surface area contributed by atoms with Gasteiger partial charge in [0.2, 0.25) is 5.88 Å². The minimum atomic E-state index is 0.669. The first-order chi connectivity index (χ1) is 9.74. The van der Waals surface area contributed by atoms with Crippen LogP contribution >= 0.6 is 0 Å². The Balaban J connectivity index is 1.94.